The lowest BCUT2D eigenvalue weighted by molar-refractivity contribution is 0.555. The molecule has 0 aliphatic rings. The van der Waals surface area contributed by atoms with E-state index in [1.54, 1.807) is 0 Å². The SMILES string of the molecule is CCNC(C)Cc1nc2nc(C)ccc2[nH]1. The monoisotopic (exact) mass is 218 g/mol. The number of pyridine rings is 1. The normalized spacial score (nSPS) is 13.2. The van der Waals surface area contributed by atoms with Crippen LogP contribution in [0.25, 0.3) is 11.2 Å². The average molecular weight is 218 g/mol. The minimum absolute atomic E-state index is 0.437. The number of aryl methyl sites for hydroxylation is 1. The molecule has 4 nitrogen and oxygen atoms in total. The van der Waals surface area contributed by atoms with Gasteiger partial charge in [-0.1, -0.05) is 6.92 Å². The van der Waals surface area contributed by atoms with E-state index in [2.05, 4.69) is 34.1 Å². The maximum atomic E-state index is 4.49. The summed E-state index contributed by atoms with van der Waals surface area (Å²) in [6.45, 7) is 7.24. The van der Waals surface area contributed by atoms with E-state index >= 15 is 0 Å². The second kappa shape index (κ2) is 4.61. The van der Waals surface area contributed by atoms with Gasteiger partial charge in [0.2, 0.25) is 0 Å². The molecule has 0 spiro atoms. The second-order valence-corrected chi connectivity index (χ2v) is 4.17. The number of hydrogen-bond donors (Lipinski definition) is 2. The molecule has 0 radical (unpaired) electrons. The molecule has 0 bridgehead atoms. The van der Waals surface area contributed by atoms with Crippen molar-refractivity contribution in [3.8, 4) is 0 Å². The smallest absolute Gasteiger partial charge is 0.177 e. The predicted octanol–water partition coefficient (Wildman–Crippen LogP) is 1.81. The first-order valence-electron chi connectivity index (χ1n) is 5.74. The molecule has 0 saturated heterocycles. The van der Waals surface area contributed by atoms with Crippen molar-refractivity contribution >= 4 is 11.2 Å². The number of fused-ring (bicyclic) bond motifs is 1. The number of nitrogens with one attached hydrogen (secondary N) is 2. The van der Waals surface area contributed by atoms with Crippen molar-refractivity contribution in [1.29, 1.82) is 0 Å². The molecule has 0 saturated carbocycles. The predicted molar refractivity (Wildman–Crippen MR) is 65.5 cm³/mol. The van der Waals surface area contributed by atoms with Gasteiger partial charge in [0.15, 0.2) is 5.65 Å². The summed E-state index contributed by atoms with van der Waals surface area (Å²) < 4.78 is 0. The highest BCUT2D eigenvalue weighted by molar-refractivity contribution is 5.70. The van der Waals surface area contributed by atoms with Crippen LogP contribution in [-0.2, 0) is 6.42 Å². The zero-order valence-corrected chi connectivity index (χ0v) is 10.0. The van der Waals surface area contributed by atoms with Crippen molar-refractivity contribution in [3.63, 3.8) is 0 Å². The molecule has 86 valence electrons. The average Bonchev–Trinajstić information content (AvgIpc) is 2.59. The molecule has 1 unspecified atom stereocenters. The molecule has 2 aromatic heterocycles. The zero-order valence-electron chi connectivity index (χ0n) is 10.0. The minimum atomic E-state index is 0.437. The lowest BCUT2D eigenvalue weighted by Gasteiger charge is -2.09. The Morgan fingerprint density at radius 2 is 2.19 bits per heavy atom. The van der Waals surface area contributed by atoms with Gasteiger partial charge >= 0.3 is 0 Å². The van der Waals surface area contributed by atoms with Crippen LogP contribution in [-0.4, -0.2) is 27.5 Å². The van der Waals surface area contributed by atoms with Crippen LogP contribution in [0.4, 0.5) is 0 Å². The molecule has 0 aliphatic heterocycles. The first-order valence-corrected chi connectivity index (χ1v) is 5.74. The number of nitrogens with zero attached hydrogens (tertiary/aromatic N) is 2. The Bertz CT molecular complexity index is 475. The molecule has 16 heavy (non-hydrogen) atoms. The Morgan fingerprint density at radius 1 is 1.38 bits per heavy atom. The molecule has 2 N–H and O–H groups in total. The van der Waals surface area contributed by atoms with Crippen LogP contribution in [0.5, 0.6) is 0 Å². The van der Waals surface area contributed by atoms with Crippen LogP contribution in [0.2, 0.25) is 0 Å². The van der Waals surface area contributed by atoms with E-state index in [4.69, 9.17) is 0 Å². The highest BCUT2D eigenvalue weighted by Gasteiger charge is 2.07. The van der Waals surface area contributed by atoms with Gasteiger partial charge in [0.1, 0.15) is 5.82 Å². The molecule has 2 rings (SSSR count). The van der Waals surface area contributed by atoms with E-state index in [1.165, 1.54) is 0 Å². The summed E-state index contributed by atoms with van der Waals surface area (Å²) in [7, 11) is 0. The number of imidazole rings is 1. The third-order valence-corrected chi connectivity index (χ3v) is 2.59. The van der Waals surface area contributed by atoms with E-state index in [-0.39, 0.29) is 0 Å². The van der Waals surface area contributed by atoms with Crippen LogP contribution >= 0.6 is 0 Å². The Hall–Kier alpha value is -1.42. The largest absolute Gasteiger partial charge is 0.341 e. The van der Waals surface area contributed by atoms with Crippen molar-refractivity contribution in [3.05, 3.63) is 23.7 Å². The standard InChI is InChI=1S/C12H18N4/c1-4-13-9(3)7-11-15-10-6-5-8(2)14-12(10)16-11/h5-6,9,13H,4,7H2,1-3H3,(H,14,15,16). The zero-order chi connectivity index (χ0) is 11.5. The molecular weight excluding hydrogens is 200 g/mol. The van der Waals surface area contributed by atoms with Gasteiger partial charge < -0.3 is 10.3 Å². The first-order chi connectivity index (χ1) is 7.69. The third kappa shape index (κ3) is 2.39. The van der Waals surface area contributed by atoms with Gasteiger partial charge in [0.05, 0.1) is 5.52 Å². The summed E-state index contributed by atoms with van der Waals surface area (Å²) in [6, 6.07) is 4.47. The van der Waals surface area contributed by atoms with Gasteiger partial charge in [-0.3, -0.25) is 0 Å². The van der Waals surface area contributed by atoms with Crippen LogP contribution in [0, 0.1) is 6.92 Å². The molecule has 4 heteroatoms. The van der Waals surface area contributed by atoms with E-state index in [9.17, 15) is 0 Å². The molecule has 0 amide bonds. The van der Waals surface area contributed by atoms with Crippen LogP contribution in [0.1, 0.15) is 25.4 Å². The van der Waals surface area contributed by atoms with Gasteiger partial charge in [-0.15, -0.1) is 0 Å². The van der Waals surface area contributed by atoms with E-state index in [1.807, 2.05) is 19.1 Å². The number of aromatic amines is 1. The number of rotatable bonds is 4. The molecule has 0 fully saturated rings. The fourth-order valence-electron chi connectivity index (χ4n) is 1.84. The second-order valence-electron chi connectivity index (χ2n) is 4.17. The Labute approximate surface area is 95.5 Å². The number of hydrogen-bond acceptors (Lipinski definition) is 3. The van der Waals surface area contributed by atoms with E-state index in [0.29, 0.717) is 6.04 Å². The van der Waals surface area contributed by atoms with Crippen LogP contribution < -0.4 is 5.32 Å². The topological polar surface area (TPSA) is 53.6 Å². The Morgan fingerprint density at radius 3 is 2.94 bits per heavy atom. The highest BCUT2D eigenvalue weighted by Crippen LogP contribution is 2.10. The van der Waals surface area contributed by atoms with Gasteiger partial charge in [-0.25, -0.2) is 9.97 Å². The fraction of sp³-hybridized carbons (Fsp3) is 0.500. The van der Waals surface area contributed by atoms with E-state index < -0.39 is 0 Å². The molecule has 0 aromatic carbocycles. The molecule has 1 atom stereocenters. The molecule has 2 aromatic rings. The van der Waals surface area contributed by atoms with Crippen molar-refractivity contribution in [1.82, 2.24) is 20.3 Å². The number of likely N-dealkylation sites (N-methyl/N-ethyl adjacent to an activating group) is 1. The minimum Gasteiger partial charge on any atom is -0.341 e. The molecular formula is C12H18N4. The maximum absolute atomic E-state index is 4.49. The summed E-state index contributed by atoms with van der Waals surface area (Å²) in [6.07, 6.45) is 0.906. The van der Waals surface area contributed by atoms with Crippen molar-refractivity contribution in [2.45, 2.75) is 33.2 Å². The summed E-state index contributed by atoms with van der Waals surface area (Å²) in [4.78, 5) is 12.2. The van der Waals surface area contributed by atoms with Gasteiger partial charge in [0, 0.05) is 18.2 Å². The number of aromatic nitrogens is 3. The van der Waals surface area contributed by atoms with Gasteiger partial charge in [0.25, 0.3) is 0 Å². The molecule has 0 aliphatic carbocycles. The van der Waals surface area contributed by atoms with Gasteiger partial charge in [-0.05, 0) is 32.5 Å². The summed E-state index contributed by atoms with van der Waals surface area (Å²) in [5.41, 5.74) is 2.84. The fourth-order valence-corrected chi connectivity index (χ4v) is 1.84. The van der Waals surface area contributed by atoms with Crippen LogP contribution in [0.15, 0.2) is 12.1 Å². The Kier molecular flexibility index (Phi) is 3.19. The summed E-state index contributed by atoms with van der Waals surface area (Å²) in [5, 5.41) is 3.37. The molecule has 2 heterocycles. The lowest BCUT2D eigenvalue weighted by atomic mass is 10.2. The first kappa shape index (κ1) is 11.1. The van der Waals surface area contributed by atoms with E-state index in [0.717, 1.165) is 35.6 Å². The maximum Gasteiger partial charge on any atom is 0.177 e. The summed E-state index contributed by atoms with van der Waals surface area (Å²) in [5.74, 6) is 1.00. The highest BCUT2D eigenvalue weighted by atomic mass is 15.0. The van der Waals surface area contributed by atoms with Crippen molar-refractivity contribution in [2.24, 2.45) is 0 Å². The Balaban J connectivity index is 2.19. The number of H-pyrrole nitrogens is 1. The lowest BCUT2D eigenvalue weighted by Crippen LogP contribution is -2.27. The van der Waals surface area contributed by atoms with Crippen molar-refractivity contribution in [2.75, 3.05) is 6.54 Å². The third-order valence-electron chi connectivity index (χ3n) is 2.59. The quantitative estimate of drug-likeness (QED) is 0.823. The van der Waals surface area contributed by atoms with Crippen LogP contribution in [0.3, 0.4) is 0 Å². The van der Waals surface area contributed by atoms with Gasteiger partial charge in [-0.2, -0.15) is 0 Å². The van der Waals surface area contributed by atoms with Crippen molar-refractivity contribution < 1.29 is 0 Å². The summed E-state index contributed by atoms with van der Waals surface area (Å²) >= 11 is 0.